The minimum atomic E-state index is 0.149. The highest BCUT2D eigenvalue weighted by molar-refractivity contribution is 5.78. The van der Waals surface area contributed by atoms with E-state index in [4.69, 9.17) is 9.15 Å². The van der Waals surface area contributed by atoms with E-state index in [2.05, 4.69) is 4.98 Å². The van der Waals surface area contributed by atoms with Crippen LogP contribution in [0, 0.1) is 13.8 Å². The molecular formula is C16H19NO3. The minimum absolute atomic E-state index is 0.149. The van der Waals surface area contributed by atoms with Gasteiger partial charge in [0.2, 0.25) is 0 Å². The smallest absolute Gasteiger partial charge is 0.191 e. The second-order valence-electron chi connectivity index (χ2n) is 4.86. The summed E-state index contributed by atoms with van der Waals surface area (Å²) in [6, 6.07) is 7.63. The first kappa shape index (κ1) is 14.3. The Morgan fingerprint density at radius 1 is 1.35 bits per heavy atom. The van der Waals surface area contributed by atoms with E-state index in [-0.39, 0.29) is 5.78 Å². The molecule has 20 heavy (non-hydrogen) atoms. The Hall–Kier alpha value is -2.10. The van der Waals surface area contributed by atoms with Gasteiger partial charge in [-0.25, -0.2) is 4.98 Å². The van der Waals surface area contributed by atoms with Crippen molar-refractivity contribution >= 4 is 5.78 Å². The van der Waals surface area contributed by atoms with Crippen LogP contribution in [0.5, 0.6) is 5.75 Å². The number of nitrogens with zero attached hydrogens (tertiary/aromatic N) is 1. The van der Waals surface area contributed by atoms with Gasteiger partial charge in [-0.2, -0.15) is 0 Å². The van der Waals surface area contributed by atoms with E-state index >= 15 is 0 Å². The number of aromatic nitrogens is 1. The summed E-state index contributed by atoms with van der Waals surface area (Å²) in [5.74, 6) is 2.45. The summed E-state index contributed by atoms with van der Waals surface area (Å²) in [5, 5.41) is 0. The van der Waals surface area contributed by atoms with Crippen LogP contribution in [0.15, 0.2) is 28.7 Å². The summed E-state index contributed by atoms with van der Waals surface area (Å²) < 4.78 is 11.1. The van der Waals surface area contributed by atoms with Crippen molar-refractivity contribution in [2.24, 2.45) is 0 Å². The van der Waals surface area contributed by atoms with E-state index in [1.807, 2.05) is 38.1 Å². The average Bonchev–Trinajstić information content (AvgIpc) is 2.67. The molecule has 0 spiro atoms. The molecule has 0 unspecified atom stereocenters. The number of aryl methyl sites for hydroxylation is 2. The minimum Gasteiger partial charge on any atom is -0.493 e. The average molecular weight is 273 g/mol. The van der Waals surface area contributed by atoms with Gasteiger partial charge in [-0.05, 0) is 31.5 Å². The van der Waals surface area contributed by atoms with Crippen LogP contribution >= 0.6 is 0 Å². The fourth-order valence-corrected chi connectivity index (χ4v) is 2.10. The summed E-state index contributed by atoms with van der Waals surface area (Å²) in [7, 11) is 0. The number of carbonyl (C=O) groups excluding carboxylic acids is 1. The molecule has 106 valence electrons. The summed E-state index contributed by atoms with van der Waals surface area (Å²) in [6.45, 7) is 5.87. The first-order valence-corrected chi connectivity index (χ1v) is 6.68. The van der Waals surface area contributed by atoms with E-state index in [1.165, 1.54) is 0 Å². The second kappa shape index (κ2) is 6.37. The lowest BCUT2D eigenvalue weighted by atomic mass is 10.1. The lowest BCUT2D eigenvalue weighted by molar-refractivity contribution is -0.116. The van der Waals surface area contributed by atoms with Gasteiger partial charge in [0.1, 0.15) is 17.3 Å². The monoisotopic (exact) mass is 273 g/mol. The molecule has 0 radical (unpaired) electrons. The third-order valence-electron chi connectivity index (χ3n) is 2.96. The molecule has 0 saturated carbocycles. The molecule has 2 aromatic rings. The number of rotatable bonds is 6. The SMILES string of the molecule is CC(=O)Cc1cccc(OCCc2nc(C)oc2C)c1. The van der Waals surface area contributed by atoms with Crippen LogP contribution in [0.2, 0.25) is 0 Å². The zero-order valence-electron chi connectivity index (χ0n) is 12.1. The molecule has 1 heterocycles. The van der Waals surface area contributed by atoms with Gasteiger partial charge in [0.05, 0.1) is 12.3 Å². The van der Waals surface area contributed by atoms with Gasteiger partial charge in [0.25, 0.3) is 0 Å². The first-order valence-electron chi connectivity index (χ1n) is 6.68. The number of hydrogen-bond acceptors (Lipinski definition) is 4. The summed E-state index contributed by atoms with van der Waals surface area (Å²) in [5.41, 5.74) is 1.91. The van der Waals surface area contributed by atoms with Gasteiger partial charge in [0.15, 0.2) is 5.89 Å². The van der Waals surface area contributed by atoms with Crippen LogP contribution in [0.1, 0.15) is 29.8 Å². The number of carbonyl (C=O) groups is 1. The molecule has 4 nitrogen and oxygen atoms in total. The highest BCUT2D eigenvalue weighted by Gasteiger charge is 2.06. The quantitative estimate of drug-likeness (QED) is 0.811. The van der Waals surface area contributed by atoms with Gasteiger partial charge in [0, 0.05) is 19.8 Å². The van der Waals surface area contributed by atoms with Gasteiger partial charge < -0.3 is 9.15 Å². The molecule has 1 aromatic heterocycles. The number of oxazole rings is 1. The topological polar surface area (TPSA) is 52.3 Å². The maximum atomic E-state index is 11.1. The van der Waals surface area contributed by atoms with Gasteiger partial charge >= 0.3 is 0 Å². The maximum Gasteiger partial charge on any atom is 0.191 e. The number of Topliss-reactive ketones (excluding diaryl/α,β-unsaturated/α-hetero) is 1. The zero-order chi connectivity index (χ0) is 14.5. The molecule has 0 bridgehead atoms. The van der Waals surface area contributed by atoms with Crippen molar-refractivity contribution in [3.05, 3.63) is 47.2 Å². The molecule has 0 N–H and O–H groups in total. The van der Waals surface area contributed by atoms with Crippen LogP contribution in [0.4, 0.5) is 0 Å². The Kier molecular flexibility index (Phi) is 4.56. The molecule has 2 rings (SSSR count). The van der Waals surface area contributed by atoms with Crippen LogP contribution in [0.25, 0.3) is 0 Å². The number of hydrogen-bond donors (Lipinski definition) is 0. The lowest BCUT2D eigenvalue weighted by Crippen LogP contribution is -2.03. The molecule has 0 aliphatic carbocycles. The van der Waals surface area contributed by atoms with Crippen molar-refractivity contribution in [3.8, 4) is 5.75 Å². The zero-order valence-corrected chi connectivity index (χ0v) is 12.1. The highest BCUT2D eigenvalue weighted by Crippen LogP contribution is 2.15. The molecule has 0 amide bonds. The number of benzene rings is 1. The van der Waals surface area contributed by atoms with Crippen LogP contribution in [0.3, 0.4) is 0 Å². The van der Waals surface area contributed by atoms with Gasteiger partial charge in [-0.3, -0.25) is 4.79 Å². The standard InChI is InChI=1S/C16H19NO3/c1-11(18)9-14-5-4-6-15(10-14)19-8-7-16-12(2)20-13(3)17-16/h4-6,10H,7-9H2,1-3H3. The summed E-state index contributed by atoms with van der Waals surface area (Å²) >= 11 is 0. The van der Waals surface area contributed by atoms with E-state index in [0.29, 0.717) is 25.3 Å². The van der Waals surface area contributed by atoms with Crippen LogP contribution in [-0.2, 0) is 17.6 Å². The fourth-order valence-electron chi connectivity index (χ4n) is 2.10. The molecule has 0 saturated heterocycles. The van der Waals surface area contributed by atoms with Gasteiger partial charge in [-0.15, -0.1) is 0 Å². The van der Waals surface area contributed by atoms with Crippen molar-refractivity contribution in [2.45, 2.75) is 33.6 Å². The third kappa shape index (κ3) is 3.95. The van der Waals surface area contributed by atoms with E-state index in [9.17, 15) is 4.79 Å². The molecule has 0 aliphatic heterocycles. The van der Waals surface area contributed by atoms with E-state index in [1.54, 1.807) is 6.92 Å². The van der Waals surface area contributed by atoms with Crippen molar-refractivity contribution in [1.29, 1.82) is 0 Å². The fraction of sp³-hybridized carbons (Fsp3) is 0.375. The largest absolute Gasteiger partial charge is 0.493 e. The first-order chi connectivity index (χ1) is 9.54. The van der Waals surface area contributed by atoms with Crippen LogP contribution in [-0.4, -0.2) is 17.4 Å². The molecule has 0 aliphatic rings. The van der Waals surface area contributed by atoms with Crippen molar-refractivity contribution in [3.63, 3.8) is 0 Å². The molecule has 4 heteroatoms. The molecule has 1 aromatic carbocycles. The predicted molar refractivity (Wildman–Crippen MR) is 76.0 cm³/mol. The Morgan fingerprint density at radius 3 is 2.80 bits per heavy atom. The number of ketones is 1. The highest BCUT2D eigenvalue weighted by atomic mass is 16.5. The Labute approximate surface area is 118 Å². The van der Waals surface area contributed by atoms with Crippen molar-refractivity contribution < 1.29 is 13.9 Å². The normalized spacial score (nSPS) is 10.6. The number of ether oxygens (including phenoxy) is 1. The van der Waals surface area contributed by atoms with E-state index < -0.39 is 0 Å². The lowest BCUT2D eigenvalue weighted by Gasteiger charge is -2.06. The van der Waals surface area contributed by atoms with Crippen molar-refractivity contribution in [2.75, 3.05) is 6.61 Å². The van der Waals surface area contributed by atoms with Gasteiger partial charge in [-0.1, -0.05) is 12.1 Å². The Bertz CT molecular complexity index is 602. The summed E-state index contributed by atoms with van der Waals surface area (Å²) in [6.07, 6.45) is 1.15. The maximum absolute atomic E-state index is 11.1. The van der Waals surface area contributed by atoms with Crippen LogP contribution < -0.4 is 4.74 Å². The predicted octanol–water partition coefficient (Wildman–Crippen LogP) is 3.04. The Morgan fingerprint density at radius 2 is 2.15 bits per heavy atom. The van der Waals surface area contributed by atoms with E-state index in [0.717, 1.165) is 22.8 Å². The third-order valence-corrected chi connectivity index (χ3v) is 2.96. The molecule has 0 fully saturated rings. The summed E-state index contributed by atoms with van der Waals surface area (Å²) in [4.78, 5) is 15.4. The second-order valence-corrected chi connectivity index (χ2v) is 4.86. The molecular weight excluding hydrogens is 254 g/mol. The van der Waals surface area contributed by atoms with Crippen molar-refractivity contribution in [1.82, 2.24) is 4.98 Å². The Balaban J connectivity index is 1.91. The molecule has 0 atom stereocenters.